The molecule has 254 valence electrons. The highest BCUT2D eigenvalue weighted by atomic mass is 19.4. The number of rotatable bonds is 10. The number of carbonyl (C=O) groups excluding carboxylic acids is 1. The Kier molecular flexibility index (Phi) is 9.93. The van der Waals surface area contributed by atoms with Crippen LogP contribution in [0, 0.1) is 0 Å². The van der Waals surface area contributed by atoms with Crippen molar-refractivity contribution >= 4 is 11.9 Å². The molecule has 2 fully saturated rings. The van der Waals surface area contributed by atoms with Crippen molar-refractivity contribution in [2.75, 3.05) is 38.3 Å². The van der Waals surface area contributed by atoms with Gasteiger partial charge in [-0.15, -0.1) is 0 Å². The second-order valence-corrected chi connectivity index (χ2v) is 11.3. The molecule has 2 atom stereocenters. The number of benzene rings is 1. The minimum Gasteiger partial charge on any atom is -0.497 e. The fraction of sp³-hybridized carbons (Fsp3) is 0.500. The van der Waals surface area contributed by atoms with Crippen molar-refractivity contribution in [3.8, 4) is 11.5 Å². The Morgan fingerprint density at radius 1 is 0.915 bits per heavy atom. The number of hydrogen-bond acceptors (Lipinski definition) is 9. The zero-order valence-electron chi connectivity index (χ0n) is 25.4. The lowest BCUT2D eigenvalue weighted by atomic mass is 10.0. The highest BCUT2D eigenvalue weighted by Gasteiger charge is 2.41. The summed E-state index contributed by atoms with van der Waals surface area (Å²) in [5.41, 5.74) is -3.26. The molecule has 1 amide bonds. The van der Waals surface area contributed by atoms with E-state index in [1.165, 1.54) is 14.0 Å². The van der Waals surface area contributed by atoms with Crippen LogP contribution in [0.4, 0.5) is 32.3 Å². The number of amides is 1. The molecule has 2 unspecified atom stereocenters. The molecule has 3 aromatic rings. The lowest BCUT2D eigenvalue weighted by Gasteiger charge is -2.36. The van der Waals surface area contributed by atoms with Crippen LogP contribution in [0.1, 0.15) is 42.9 Å². The largest absolute Gasteiger partial charge is 0.497 e. The molecule has 2 aromatic heterocycles. The smallest absolute Gasteiger partial charge is 0.425 e. The molecule has 0 bridgehead atoms. The SMILES string of the molecule is COc1ccc(Cn2ncc(OC(C)COC3CCN(C4CCN(c5ncc(C(F)(F)F)cn5)CC4)C3=O)c(C(F)(F)F)c2=O)cc1. The zero-order valence-corrected chi connectivity index (χ0v) is 25.4. The van der Waals surface area contributed by atoms with Gasteiger partial charge in [0.05, 0.1) is 32.0 Å². The van der Waals surface area contributed by atoms with Gasteiger partial charge in [0.1, 0.15) is 18.0 Å². The molecule has 11 nitrogen and oxygen atoms in total. The van der Waals surface area contributed by atoms with E-state index in [1.54, 1.807) is 34.1 Å². The third-order valence-corrected chi connectivity index (χ3v) is 7.99. The summed E-state index contributed by atoms with van der Waals surface area (Å²) in [6.07, 6.45) is -7.56. The van der Waals surface area contributed by atoms with Crippen LogP contribution in [-0.2, 0) is 28.4 Å². The van der Waals surface area contributed by atoms with Crippen LogP contribution in [0.15, 0.2) is 47.7 Å². The second-order valence-electron chi connectivity index (χ2n) is 11.3. The minimum atomic E-state index is -5.02. The van der Waals surface area contributed by atoms with Crippen LogP contribution in [0.2, 0.25) is 0 Å². The van der Waals surface area contributed by atoms with Crippen LogP contribution in [-0.4, -0.2) is 82.2 Å². The molecule has 5 rings (SSSR count). The first-order chi connectivity index (χ1) is 22.2. The van der Waals surface area contributed by atoms with Gasteiger partial charge in [-0.25, -0.2) is 14.6 Å². The summed E-state index contributed by atoms with van der Waals surface area (Å²) < 4.78 is 97.4. The predicted molar refractivity (Wildman–Crippen MR) is 154 cm³/mol. The molecule has 0 N–H and O–H groups in total. The lowest BCUT2D eigenvalue weighted by Crippen LogP contribution is -2.47. The highest BCUT2D eigenvalue weighted by molar-refractivity contribution is 5.83. The number of ether oxygens (including phenoxy) is 3. The number of piperidine rings is 1. The van der Waals surface area contributed by atoms with Gasteiger partial charge >= 0.3 is 12.4 Å². The van der Waals surface area contributed by atoms with E-state index in [4.69, 9.17) is 14.2 Å². The Bertz CT molecular complexity index is 1590. The standard InChI is InChI=1S/C30H32F6N6O5/c1-18(47-24-15-39-42(27(44)25(24)30(34,35)36)16-19-3-5-22(45-2)6-4-19)17-46-23-9-12-41(26(23)43)21-7-10-40(11-8-21)28-37-13-20(14-38-28)29(31,32)33/h3-6,13-15,18,21,23H,7-12,16-17H2,1-2H3. The summed E-state index contributed by atoms with van der Waals surface area (Å²) in [5.74, 6) is -0.279. The number of methoxy groups -OCH3 is 1. The molecule has 0 radical (unpaired) electrons. The van der Waals surface area contributed by atoms with Crippen molar-refractivity contribution in [3.63, 3.8) is 0 Å². The van der Waals surface area contributed by atoms with Gasteiger partial charge in [-0.1, -0.05) is 12.1 Å². The van der Waals surface area contributed by atoms with E-state index < -0.39 is 47.0 Å². The number of anilines is 1. The second kappa shape index (κ2) is 13.8. The van der Waals surface area contributed by atoms with Gasteiger partial charge in [0, 0.05) is 44.5 Å². The van der Waals surface area contributed by atoms with Gasteiger partial charge in [0.2, 0.25) is 5.95 Å². The van der Waals surface area contributed by atoms with Crippen LogP contribution in [0.3, 0.4) is 0 Å². The van der Waals surface area contributed by atoms with Crippen LogP contribution in [0.5, 0.6) is 11.5 Å². The van der Waals surface area contributed by atoms with Gasteiger partial charge in [-0.05, 0) is 37.5 Å². The molecule has 2 aliphatic rings. The average molecular weight is 671 g/mol. The number of nitrogens with zero attached hydrogens (tertiary/aromatic N) is 6. The molecule has 4 heterocycles. The van der Waals surface area contributed by atoms with Crippen molar-refractivity contribution in [2.24, 2.45) is 0 Å². The summed E-state index contributed by atoms with van der Waals surface area (Å²) in [5, 5.41) is 3.88. The monoisotopic (exact) mass is 670 g/mol. The van der Waals surface area contributed by atoms with Gasteiger partial charge in [0.25, 0.3) is 11.5 Å². The maximum atomic E-state index is 14.0. The molecule has 2 aliphatic heterocycles. The van der Waals surface area contributed by atoms with Crippen LogP contribution >= 0.6 is 0 Å². The van der Waals surface area contributed by atoms with E-state index >= 15 is 0 Å². The molecule has 0 spiro atoms. The third kappa shape index (κ3) is 7.94. The maximum absolute atomic E-state index is 14.0. The van der Waals surface area contributed by atoms with E-state index in [0.29, 0.717) is 54.9 Å². The third-order valence-electron chi connectivity index (χ3n) is 7.99. The van der Waals surface area contributed by atoms with E-state index in [-0.39, 0.29) is 31.0 Å². The topological polar surface area (TPSA) is 112 Å². The minimum absolute atomic E-state index is 0.125. The van der Waals surface area contributed by atoms with Crippen molar-refractivity contribution in [3.05, 3.63) is 69.9 Å². The molecule has 0 saturated carbocycles. The zero-order chi connectivity index (χ0) is 33.9. The maximum Gasteiger partial charge on any atom is 0.425 e. The van der Waals surface area contributed by atoms with Gasteiger partial charge in [0.15, 0.2) is 11.3 Å². The van der Waals surface area contributed by atoms with Gasteiger partial charge in [-0.2, -0.15) is 31.4 Å². The van der Waals surface area contributed by atoms with E-state index in [2.05, 4.69) is 15.1 Å². The normalized spacial score (nSPS) is 18.5. The first-order valence-electron chi connectivity index (χ1n) is 14.8. The Labute approximate surface area is 265 Å². The number of hydrogen-bond donors (Lipinski definition) is 0. The molecular weight excluding hydrogens is 638 g/mol. The molecule has 0 aliphatic carbocycles. The molecule has 2 saturated heterocycles. The van der Waals surface area contributed by atoms with Crippen molar-refractivity contribution < 1.29 is 45.3 Å². The number of likely N-dealkylation sites (tertiary alicyclic amines) is 1. The summed E-state index contributed by atoms with van der Waals surface area (Å²) in [7, 11) is 1.47. The van der Waals surface area contributed by atoms with E-state index in [0.717, 1.165) is 18.6 Å². The Morgan fingerprint density at radius 2 is 1.57 bits per heavy atom. The van der Waals surface area contributed by atoms with Crippen LogP contribution in [0.25, 0.3) is 0 Å². The number of carbonyl (C=O) groups is 1. The summed E-state index contributed by atoms with van der Waals surface area (Å²) in [6.45, 7) is 2.32. The average Bonchev–Trinajstić information content (AvgIpc) is 3.40. The van der Waals surface area contributed by atoms with Crippen molar-refractivity contribution in [1.29, 1.82) is 0 Å². The highest BCUT2D eigenvalue weighted by Crippen LogP contribution is 2.34. The number of halogens is 6. The Balaban J connectivity index is 1.14. The van der Waals surface area contributed by atoms with Crippen molar-refractivity contribution in [2.45, 2.75) is 63.3 Å². The molecule has 1 aromatic carbocycles. The molecule has 17 heteroatoms. The Hall–Kier alpha value is -4.41. The molecule has 47 heavy (non-hydrogen) atoms. The predicted octanol–water partition coefficient (Wildman–Crippen LogP) is 4.18. The van der Waals surface area contributed by atoms with E-state index in [1.807, 2.05) is 0 Å². The fourth-order valence-corrected chi connectivity index (χ4v) is 5.54. The summed E-state index contributed by atoms with van der Waals surface area (Å²) >= 11 is 0. The summed E-state index contributed by atoms with van der Waals surface area (Å²) in [4.78, 5) is 37.1. The lowest BCUT2D eigenvalue weighted by molar-refractivity contribution is -0.142. The summed E-state index contributed by atoms with van der Waals surface area (Å²) in [6, 6.07) is 6.32. The van der Waals surface area contributed by atoms with Crippen LogP contribution < -0.4 is 19.9 Å². The first-order valence-corrected chi connectivity index (χ1v) is 14.8. The number of aromatic nitrogens is 4. The van der Waals surface area contributed by atoms with E-state index in [9.17, 15) is 35.9 Å². The number of alkyl halides is 6. The van der Waals surface area contributed by atoms with Gasteiger partial charge < -0.3 is 24.0 Å². The van der Waals surface area contributed by atoms with Crippen molar-refractivity contribution in [1.82, 2.24) is 24.6 Å². The fourth-order valence-electron chi connectivity index (χ4n) is 5.54. The van der Waals surface area contributed by atoms with Gasteiger partial charge in [-0.3, -0.25) is 9.59 Å². The Morgan fingerprint density at radius 3 is 2.17 bits per heavy atom. The first kappa shape index (κ1) is 33.9. The quantitative estimate of drug-likeness (QED) is 0.294. The molecular formula is C30H32F6N6O5.